The molecule has 1 heterocycles. The molecule has 3 rings (SSSR count). The lowest BCUT2D eigenvalue weighted by Gasteiger charge is -2.35. The molecule has 2 aromatic carbocycles. The van der Waals surface area contributed by atoms with Gasteiger partial charge in [0.15, 0.2) is 0 Å². The molecule has 0 bridgehead atoms. The molecule has 7 heteroatoms. The number of rotatable bonds is 6. The first-order valence-electron chi connectivity index (χ1n) is 9.00. The van der Waals surface area contributed by atoms with E-state index in [2.05, 4.69) is 15.1 Å². The number of ether oxygens (including phenoxy) is 1. The molecule has 2 aromatic rings. The predicted octanol–water partition coefficient (Wildman–Crippen LogP) is 4.15. The lowest BCUT2D eigenvalue weighted by Crippen LogP contribution is -2.48. The minimum Gasteiger partial charge on any atom is -0.494 e. The van der Waals surface area contributed by atoms with Crippen LogP contribution >= 0.6 is 23.2 Å². The van der Waals surface area contributed by atoms with Crippen molar-refractivity contribution in [2.24, 2.45) is 0 Å². The molecule has 1 saturated heterocycles. The lowest BCUT2D eigenvalue weighted by molar-refractivity contribution is -0.117. The highest BCUT2D eigenvalue weighted by Crippen LogP contribution is 2.27. The smallest absolute Gasteiger partial charge is 0.238 e. The second kappa shape index (κ2) is 9.31. The quantitative estimate of drug-likeness (QED) is 0.780. The standard InChI is InChI=1S/C20H23Cl2N3O2/c1-2-27-17-6-3-15(4-7-17)23-20(26)14-24-9-11-25(12-10-24)16-5-8-18(21)19(22)13-16/h3-8,13H,2,9-12,14H2,1H3,(H,23,26). The third-order valence-electron chi connectivity index (χ3n) is 4.46. The summed E-state index contributed by atoms with van der Waals surface area (Å²) < 4.78 is 5.41. The van der Waals surface area contributed by atoms with E-state index in [0.29, 0.717) is 23.2 Å². The van der Waals surface area contributed by atoms with Crippen molar-refractivity contribution < 1.29 is 9.53 Å². The second-order valence-corrected chi connectivity index (χ2v) is 7.18. The molecular formula is C20H23Cl2N3O2. The number of piperazine rings is 1. The minimum atomic E-state index is -0.0119. The first-order chi connectivity index (χ1) is 13.0. The zero-order chi connectivity index (χ0) is 19.2. The highest BCUT2D eigenvalue weighted by molar-refractivity contribution is 6.42. The van der Waals surface area contributed by atoms with Crippen LogP contribution in [0, 0.1) is 0 Å². The molecule has 0 aromatic heterocycles. The van der Waals surface area contributed by atoms with Gasteiger partial charge >= 0.3 is 0 Å². The summed E-state index contributed by atoms with van der Waals surface area (Å²) in [5.41, 5.74) is 1.83. The third-order valence-corrected chi connectivity index (χ3v) is 5.20. The Bertz CT molecular complexity index is 775. The van der Waals surface area contributed by atoms with Crippen LogP contribution in [0.15, 0.2) is 42.5 Å². The number of halogens is 2. The molecule has 1 amide bonds. The van der Waals surface area contributed by atoms with Gasteiger partial charge in [0.2, 0.25) is 5.91 Å². The van der Waals surface area contributed by atoms with Crippen LogP contribution in [-0.2, 0) is 4.79 Å². The van der Waals surface area contributed by atoms with Gasteiger partial charge in [-0.15, -0.1) is 0 Å². The maximum absolute atomic E-state index is 12.3. The van der Waals surface area contributed by atoms with Gasteiger partial charge in [-0.05, 0) is 49.4 Å². The van der Waals surface area contributed by atoms with E-state index in [4.69, 9.17) is 27.9 Å². The van der Waals surface area contributed by atoms with E-state index < -0.39 is 0 Å². The summed E-state index contributed by atoms with van der Waals surface area (Å²) in [5.74, 6) is 0.788. The molecule has 1 fully saturated rings. The summed E-state index contributed by atoms with van der Waals surface area (Å²) in [6, 6.07) is 13.1. The summed E-state index contributed by atoms with van der Waals surface area (Å²) >= 11 is 12.1. The number of nitrogens with zero attached hydrogens (tertiary/aromatic N) is 2. The summed E-state index contributed by atoms with van der Waals surface area (Å²) in [7, 11) is 0. The molecule has 0 radical (unpaired) electrons. The summed E-state index contributed by atoms with van der Waals surface area (Å²) in [5, 5.41) is 4.05. The molecule has 5 nitrogen and oxygen atoms in total. The van der Waals surface area contributed by atoms with Crippen molar-refractivity contribution in [1.82, 2.24) is 4.90 Å². The normalized spacial score (nSPS) is 14.9. The van der Waals surface area contributed by atoms with E-state index >= 15 is 0 Å². The van der Waals surface area contributed by atoms with Crippen molar-refractivity contribution >= 4 is 40.5 Å². The minimum absolute atomic E-state index is 0.0119. The molecule has 0 saturated carbocycles. The van der Waals surface area contributed by atoms with Crippen molar-refractivity contribution in [2.75, 3.05) is 49.5 Å². The van der Waals surface area contributed by atoms with Crippen LogP contribution in [0.2, 0.25) is 10.0 Å². The van der Waals surface area contributed by atoms with Crippen molar-refractivity contribution in [3.05, 3.63) is 52.5 Å². The SMILES string of the molecule is CCOc1ccc(NC(=O)CN2CCN(c3ccc(Cl)c(Cl)c3)CC2)cc1. The van der Waals surface area contributed by atoms with Gasteiger partial charge in [-0.25, -0.2) is 0 Å². The molecule has 0 atom stereocenters. The molecule has 0 spiro atoms. The van der Waals surface area contributed by atoms with Crippen molar-refractivity contribution in [1.29, 1.82) is 0 Å². The van der Waals surface area contributed by atoms with Gasteiger partial charge in [0.25, 0.3) is 0 Å². The predicted molar refractivity (Wildman–Crippen MR) is 111 cm³/mol. The average molecular weight is 408 g/mol. The molecule has 144 valence electrons. The molecule has 27 heavy (non-hydrogen) atoms. The van der Waals surface area contributed by atoms with Crippen LogP contribution in [0.5, 0.6) is 5.75 Å². The molecule has 1 aliphatic rings. The fourth-order valence-electron chi connectivity index (χ4n) is 3.05. The van der Waals surface area contributed by atoms with Crippen LogP contribution < -0.4 is 15.0 Å². The van der Waals surface area contributed by atoms with Crippen molar-refractivity contribution in [3.8, 4) is 5.75 Å². The Kier molecular flexibility index (Phi) is 6.83. The maximum Gasteiger partial charge on any atom is 0.238 e. The van der Waals surface area contributed by atoms with Gasteiger partial charge in [0.05, 0.1) is 23.2 Å². The number of hydrogen-bond donors (Lipinski definition) is 1. The van der Waals surface area contributed by atoms with E-state index in [0.717, 1.165) is 43.3 Å². The largest absolute Gasteiger partial charge is 0.494 e. The van der Waals surface area contributed by atoms with Gasteiger partial charge in [0, 0.05) is 37.6 Å². The van der Waals surface area contributed by atoms with E-state index in [1.807, 2.05) is 49.4 Å². The van der Waals surface area contributed by atoms with Crippen LogP contribution in [0.1, 0.15) is 6.92 Å². The number of carbonyl (C=O) groups excluding carboxylic acids is 1. The van der Waals surface area contributed by atoms with Gasteiger partial charge in [-0.1, -0.05) is 23.2 Å². The fourth-order valence-corrected chi connectivity index (χ4v) is 3.34. The van der Waals surface area contributed by atoms with Gasteiger partial charge in [-0.2, -0.15) is 0 Å². The number of amides is 1. The number of carbonyl (C=O) groups is 1. The highest BCUT2D eigenvalue weighted by Gasteiger charge is 2.19. The molecule has 1 N–H and O–H groups in total. The third kappa shape index (κ3) is 5.51. The first kappa shape index (κ1) is 19.8. The topological polar surface area (TPSA) is 44.8 Å². The molecular weight excluding hydrogens is 385 g/mol. The van der Waals surface area contributed by atoms with Crippen LogP contribution in [0.3, 0.4) is 0 Å². The van der Waals surface area contributed by atoms with Crippen molar-refractivity contribution in [2.45, 2.75) is 6.92 Å². The van der Waals surface area contributed by atoms with Crippen LogP contribution in [-0.4, -0.2) is 50.1 Å². The highest BCUT2D eigenvalue weighted by atomic mass is 35.5. The van der Waals surface area contributed by atoms with Gasteiger partial charge < -0.3 is 15.0 Å². The Morgan fingerprint density at radius 1 is 1.04 bits per heavy atom. The Balaban J connectivity index is 1.47. The van der Waals surface area contributed by atoms with Crippen molar-refractivity contribution in [3.63, 3.8) is 0 Å². The zero-order valence-electron chi connectivity index (χ0n) is 15.3. The average Bonchev–Trinajstić information content (AvgIpc) is 2.66. The number of anilines is 2. The zero-order valence-corrected chi connectivity index (χ0v) is 16.8. The molecule has 0 unspecified atom stereocenters. The monoisotopic (exact) mass is 407 g/mol. The Morgan fingerprint density at radius 2 is 1.74 bits per heavy atom. The molecule has 1 aliphatic heterocycles. The summed E-state index contributed by atoms with van der Waals surface area (Å²) in [6.07, 6.45) is 0. The van der Waals surface area contributed by atoms with Crippen LogP contribution in [0.25, 0.3) is 0 Å². The number of hydrogen-bond acceptors (Lipinski definition) is 4. The fraction of sp³-hybridized carbons (Fsp3) is 0.350. The Hall–Kier alpha value is -1.95. The maximum atomic E-state index is 12.3. The van der Waals surface area contributed by atoms with Gasteiger partial charge in [-0.3, -0.25) is 9.69 Å². The summed E-state index contributed by atoms with van der Waals surface area (Å²) in [4.78, 5) is 16.7. The number of nitrogens with one attached hydrogen (secondary N) is 1. The Labute approximate surface area is 169 Å². The summed E-state index contributed by atoms with van der Waals surface area (Å²) in [6.45, 7) is 6.26. The van der Waals surface area contributed by atoms with Gasteiger partial charge in [0.1, 0.15) is 5.75 Å². The van der Waals surface area contributed by atoms with E-state index in [9.17, 15) is 4.79 Å². The Morgan fingerprint density at radius 3 is 2.37 bits per heavy atom. The second-order valence-electron chi connectivity index (χ2n) is 6.37. The molecule has 0 aliphatic carbocycles. The lowest BCUT2D eigenvalue weighted by atomic mass is 10.2. The first-order valence-corrected chi connectivity index (χ1v) is 9.76. The number of benzene rings is 2. The van der Waals surface area contributed by atoms with E-state index in [1.54, 1.807) is 0 Å². The van der Waals surface area contributed by atoms with E-state index in [-0.39, 0.29) is 5.91 Å². The van der Waals surface area contributed by atoms with Crippen LogP contribution in [0.4, 0.5) is 11.4 Å². The van der Waals surface area contributed by atoms with E-state index in [1.165, 1.54) is 0 Å².